The van der Waals surface area contributed by atoms with E-state index in [1.54, 1.807) is 0 Å². The van der Waals surface area contributed by atoms with Gasteiger partial charge in [-0.25, -0.2) is 0 Å². The number of amidine groups is 1. The van der Waals surface area contributed by atoms with Crippen LogP contribution in [0, 0.1) is 12.3 Å². The Kier molecular flexibility index (Phi) is 4.43. The van der Waals surface area contributed by atoms with E-state index in [-0.39, 0.29) is 5.84 Å². The summed E-state index contributed by atoms with van der Waals surface area (Å²) in [6.07, 6.45) is 1.23. The quantitative estimate of drug-likeness (QED) is 0.641. The zero-order valence-corrected chi connectivity index (χ0v) is 11.9. The van der Waals surface area contributed by atoms with Gasteiger partial charge in [0.25, 0.3) is 0 Å². The van der Waals surface area contributed by atoms with Crippen molar-refractivity contribution in [2.75, 3.05) is 37.6 Å². The van der Waals surface area contributed by atoms with Gasteiger partial charge in [0.2, 0.25) is 0 Å². The molecule has 1 aliphatic rings. The molecule has 4 heteroatoms. The summed E-state index contributed by atoms with van der Waals surface area (Å²) in [5.41, 5.74) is 8.82. The minimum Gasteiger partial charge on any atom is -0.384 e. The Morgan fingerprint density at radius 3 is 2.47 bits per heavy atom. The highest BCUT2D eigenvalue weighted by Crippen LogP contribution is 2.22. The minimum absolute atomic E-state index is 0.141. The van der Waals surface area contributed by atoms with Crippen molar-refractivity contribution in [3.63, 3.8) is 0 Å². The molecule has 0 amide bonds. The third kappa shape index (κ3) is 3.26. The highest BCUT2D eigenvalue weighted by molar-refractivity contribution is 5.95. The number of hydrogen-bond donors (Lipinski definition) is 2. The standard InChI is InChI=1S/C15H24N4/c1-3-6-18-7-9-19(10-8-18)14-5-4-13(15(16)17)11-12(14)2/h4-5,11H,3,6-10H2,1-2H3,(H3,16,17). The van der Waals surface area contributed by atoms with Gasteiger partial charge in [-0.3, -0.25) is 10.3 Å². The van der Waals surface area contributed by atoms with Crippen molar-refractivity contribution in [1.29, 1.82) is 5.41 Å². The van der Waals surface area contributed by atoms with Crippen LogP contribution in [0.4, 0.5) is 5.69 Å². The third-order valence-electron chi connectivity index (χ3n) is 3.76. The minimum atomic E-state index is 0.141. The predicted octanol–water partition coefficient (Wildman–Crippen LogP) is 1.81. The van der Waals surface area contributed by atoms with Gasteiger partial charge in [0, 0.05) is 37.4 Å². The van der Waals surface area contributed by atoms with Gasteiger partial charge in [-0.1, -0.05) is 6.92 Å². The number of aryl methyl sites for hydroxylation is 1. The van der Waals surface area contributed by atoms with Crippen LogP contribution < -0.4 is 10.6 Å². The first-order valence-electron chi connectivity index (χ1n) is 7.04. The van der Waals surface area contributed by atoms with Crippen LogP contribution in [0.2, 0.25) is 0 Å². The molecule has 0 atom stereocenters. The van der Waals surface area contributed by atoms with E-state index in [1.807, 2.05) is 12.1 Å². The van der Waals surface area contributed by atoms with Crippen molar-refractivity contribution in [2.24, 2.45) is 5.73 Å². The van der Waals surface area contributed by atoms with Crippen LogP contribution in [-0.4, -0.2) is 43.5 Å². The summed E-state index contributed by atoms with van der Waals surface area (Å²) < 4.78 is 0. The highest BCUT2D eigenvalue weighted by Gasteiger charge is 2.17. The van der Waals surface area contributed by atoms with Crippen LogP contribution in [0.1, 0.15) is 24.5 Å². The Balaban J connectivity index is 2.05. The second-order valence-corrected chi connectivity index (χ2v) is 5.24. The molecule has 3 N–H and O–H groups in total. The summed E-state index contributed by atoms with van der Waals surface area (Å²) in [5.74, 6) is 0.141. The van der Waals surface area contributed by atoms with E-state index < -0.39 is 0 Å². The number of anilines is 1. The van der Waals surface area contributed by atoms with E-state index in [0.717, 1.165) is 31.7 Å². The molecule has 1 fully saturated rings. The van der Waals surface area contributed by atoms with Gasteiger partial charge in [0.1, 0.15) is 5.84 Å². The molecule has 1 saturated heterocycles. The number of nitrogens with two attached hydrogens (primary N) is 1. The summed E-state index contributed by atoms with van der Waals surface area (Å²) in [6, 6.07) is 6.06. The van der Waals surface area contributed by atoms with Crippen molar-refractivity contribution in [2.45, 2.75) is 20.3 Å². The van der Waals surface area contributed by atoms with Crippen LogP contribution in [0.3, 0.4) is 0 Å². The van der Waals surface area contributed by atoms with Crippen LogP contribution >= 0.6 is 0 Å². The van der Waals surface area contributed by atoms with Crippen molar-refractivity contribution >= 4 is 11.5 Å². The van der Waals surface area contributed by atoms with E-state index in [0.29, 0.717) is 0 Å². The van der Waals surface area contributed by atoms with E-state index >= 15 is 0 Å². The number of piperazine rings is 1. The lowest BCUT2D eigenvalue weighted by Gasteiger charge is -2.36. The summed E-state index contributed by atoms with van der Waals surface area (Å²) in [6.45, 7) is 9.98. The van der Waals surface area contributed by atoms with E-state index in [9.17, 15) is 0 Å². The maximum atomic E-state index is 7.48. The molecule has 0 saturated carbocycles. The number of rotatable bonds is 4. The molecular formula is C15H24N4. The predicted molar refractivity (Wildman–Crippen MR) is 81.1 cm³/mol. The van der Waals surface area contributed by atoms with Gasteiger partial charge in [-0.15, -0.1) is 0 Å². The second kappa shape index (κ2) is 6.06. The average molecular weight is 260 g/mol. The Bertz CT molecular complexity index is 447. The fraction of sp³-hybridized carbons (Fsp3) is 0.533. The molecule has 1 aromatic carbocycles. The molecule has 2 rings (SSSR count). The molecular weight excluding hydrogens is 236 g/mol. The first-order chi connectivity index (χ1) is 9.11. The maximum Gasteiger partial charge on any atom is 0.122 e. The smallest absolute Gasteiger partial charge is 0.122 e. The van der Waals surface area contributed by atoms with Crippen LogP contribution in [-0.2, 0) is 0 Å². The van der Waals surface area contributed by atoms with Gasteiger partial charge < -0.3 is 10.6 Å². The molecule has 0 bridgehead atoms. The number of benzene rings is 1. The van der Waals surface area contributed by atoms with Crippen molar-refractivity contribution < 1.29 is 0 Å². The van der Waals surface area contributed by atoms with Gasteiger partial charge in [0.15, 0.2) is 0 Å². The molecule has 0 aliphatic carbocycles. The van der Waals surface area contributed by atoms with Gasteiger partial charge in [-0.05, 0) is 43.7 Å². The Morgan fingerprint density at radius 1 is 1.26 bits per heavy atom. The summed E-state index contributed by atoms with van der Waals surface area (Å²) in [5, 5.41) is 7.48. The molecule has 0 radical (unpaired) electrons. The zero-order chi connectivity index (χ0) is 13.8. The Labute approximate surface area is 115 Å². The maximum absolute atomic E-state index is 7.48. The van der Waals surface area contributed by atoms with Crippen molar-refractivity contribution in [3.05, 3.63) is 29.3 Å². The third-order valence-corrected chi connectivity index (χ3v) is 3.76. The molecule has 104 valence electrons. The topological polar surface area (TPSA) is 56.4 Å². The molecule has 4 nitrogen and oxygen atoms in total. The largest absolute Gasteiger partial charge is 0.384 e. The van der Waals surface area contributed by atoms with Crippen molar-refractivity contribution in [3.8, 4) is 0 Å². The highest BCUT2D eigenvalue weighted by atomic mass is 15.3. The van der Waals surface area contributed by atoms with Gasteiger partial charge >= 0.3 is 0 Å². The molecule has 0 spiro atoms. The lowest BCUT2D eigenvalue weighted by atomic mass is 10.1. The normalized spacial score (nSPS) is 16.6. The molecule has 1 heterocycles. The van der Waals surface area contributed by atoms with Gasteiger partial charge in [0.05, 0.1) is 0 Å². The first-order valence-corrected chi connectivity index (χ1v) is 7.04. The summed E-state index contributed by atoms with van der Waals surface area (Å²) in [7, 11) is 0. The number of hydrogen-bond acceptors (Lipinski definition) is 3. The fourth-order valence-electron chi connectivity index (χ4n) is 2.71. The summed E-state index contributed by atoms with van der Waals surface area (Å²) in [4.78, 5) is 4.96. The SMILES string of the molecule is CCCN1CCN(c2ccc(C(=N)N)cc2C)CC1. The molecule has 0 aromatic heterocycles. The van der Waals surface area contributed by atoms with E-state index in [4.69, 9.17) is 11.1 Å². The number of nitrogens with one attached hydrogen (secondary N) is 1. The lowest BCUT2D eigenvalue weighted by molar-refractivity contribution is 0.258. The fourth-order valence-corrected chi connectivity index (χ4v) is 2.71. The van der Waals surface area contributed by atoms with Crippen molar-refractivity contribution in [1.82, 2.24) is 4.90 Å². The lowest BCUT2D eigenvalue weighted by Crippen LogP contribution is -2.46. The monoisotopic (exact) mass is 260 g/mol. The van der Waals surface area contributed by atoms with E-state index in [1.165, 1.54) is 24.2 Å². The first kappa shape index (κ1) is 13.9. The zero-order valence-electron chi connectivity index (χ0n) is 11.9. The average Bonchev–Trinajstić information content (AvgIpc) is 2.40. The van der Waals surface area contributed by atoms with Crippen LogP contribution in [0.5, 0.6) is 0 Å². The molecule has 0 unspecified atom stereocenters. The summed E-state index contributed by atoms with van der Waals surface area (Å²) >= 11 is 0. The second-order valence-electron chi connectivity index (χ2n) is 5.24. The van der Waals surface area contributed by atoms with Crippen LogP contribution in [0.25, 0.3) is 0 Å². The van der Waals surface area contributed by atoms with Gasteiger partial charge in [-0.2, -0.15) is 0 Å². The number of nitrogens with zero attached hydrogens (tertiary/aromatic N) is 2. The Hall–Kier alpha value is -1.55. The van der Waals surface area contributed by atoms with Crippen LogP contribution in [0.15, 0.2) is 18.2 Å². The number of nitrogen functional groups attached to an aromatic ring is 1. The van der Waals surface area contributed by atoms with E-state index in [2.05, 4.69) is 29.7 Å². The molecule has 19 heavy (non-hydrogen) atoms. The Morgan fingerprint density at radius 2 is 1.95 bits per heavy atom. The molecule has 1 aliphatic heterocycles. The molecule has 1 aromatic rings.